The van der Waals surface area contributed by atoms with Gasteiger partial charge in [-0.25, -0.2) is 12.1 Å². The van der Waals surface area contributed by atoms with E-state index in [0.29, 0.717) is 19.6 Å². The number of aliphatic hydroxyl groups is 1. The first-order valence-electron chi connectivity index (χ1n) is 6.10. The zero-order valence-electron chi connectivity index (χ0n) is 10.9. The molecule has 2 nitrogen and oxygen atoms in total. The standard InChI is InChI=1S/C11H15O2.C5H5.Fe/c1-2-10-5-3-6-11(10)9-13-8-4-7-12;1-2-4-5-3-1;/h2-3,5-6,12H,1,4,7-9H2;1-5H;/q2*-1;+2. The van der Waals surface area contributed by atoms with Crippen molar-refractivity contribution in [3.8, 4) is 0 Å². The van der Waals surface area contributed by atoms with E-state index in [4.69, 9.17) is 9.84 Å². The second kappa shape index (κ2) is 11.9. The van der Waals surface area contributed by atoms with Crippen LogP contribution in [0.3, 0.4) is 0 Å². The Kier molecular flexibility index (Phi) is 11.2. The van der Waals surface area contributed by atoms with Crippen molar-refractivity contribution >= 4 is 6.08 Å². The molecule has 0 aliphatic heterocycles. The Morgan fingerprint density at radius 1 is 1.26 bits per heavy atom. The third kappa shape index (κ3) is 7.81. The molecular weight excluding hydrogens is 280 g/mol. The predicted molar refractivity (Wildman–Crippen MR) is 75.5 cm³/mol. The molecule has 0 amide bonds. The summed E-state index contributed by atoms with van der Waals surface area (Å²) in [6.45, 7) is 5.12. The van der Waals surface area contributed by atoms with Gasteiger partial charge in [-0.2, -0.15) is 35.9 Å². The third-order valence-corrected chi connectivity index (χ3v) is 2.42. The zero-order valence-corrected chi connectivity index (χ0v) is 12.0. The van der Waals surface area contributed by atoms with Gasteiger partial charge in [-0.05, 0) is 6.42 Å². The van der Waals surface area contributed by atoms with Gasteiger partial charge in [0.2, 0.25) is 0 Å². The summed E-state index contributed by atoms with van der Waals surface area (Å²) in [5, 5.41) is 8.53. The van der Waals surface area contributed by atoms with Gasteiger partial charge in [0.05, 0.1) is 0 Å². The molecule has 0 aromatic heterocycles. The Labute approximate surface area is 125 Å². The molecule has 3 heteroatoms. The maximum Gasteiger partial charge on any atom is 2.00 e. The predicted octanol–water partition coefficient (Wildman–Crippen LogP) is 3.35. The van der Waals surface area contributed by atoms with E-state index in [-0.39, 0.29) is 23.7 Å². The van der Waals surface area contributed by atoms with Crippen molar-refractivity contribution in [2.75, 3.05) is 13.2 Å². The minimum Gasteiger partial charge on any atom is -0.396 e. The van der Waals surface area contributed by atoms with E-state index in [0.717, 1.165) is 11.1 Å². The molecule has 19 heavy (non-hydrogen) atoms. The fourth-order valence-electron chi connectivity index (χ4n) is 1.47. The van der Waals surface area contributed by atoms with Crippen molar-refractivity contribution in [1.29, 1.82) is 0 Å². The first kappa shape index (κ1) is 17.9. The Balaban J connectivity index is 0.000000454. The second-order valence-electron chi connectivity index (χ2n) is 3.80. The summed E-state index contributed by atoms with van der Waals surface area (Å²) in [6.07, 6.45) is 2.52. The van der Waals surface area contributed by atoms with Gasteiger partial charge in [0.25, 0.3) is 0 Å². The average molecular weight is 300 g/mol. The summed E-state index contributed by atoms with van der Waals surface area (Å²) in [6, 6.07) is 16.0. The van der Waals surface area contributed by atoms with E-state index in [2.05, 4.69) is 6.58 Å². The molecule has 0 heterocycles. The van der Waals surface area contributed by atoms with Gasteiger partial charge >= 0.3 is 17.1 Å². The molecule has 0 aliphatic rings. The maximum atomic E-state index is 8.53. The minimum atomic E-state index is 0. The van der Waals surface area contributed by atoms with Crippen LogP contribution in [-0.4, -0.2) is 18.3 Å². The molecule has 2 aromatic carbocycles. The molecule has 0 bridgehead atoms. The van der Waals surface area contributed by atoms with Gasteiger partial charge in [0.1, 0.15) is 0 Å². The molecule has 2 rings (SSSR count). The fourth-order valence-corrected chi connectivity index (χ4v) is 1.47. The maximum absolute atomic E-state index is 8.53. The van der Waals surface area contributed by atoms with Crippen molar-refractivity contribution in [3.63, 3.8) is 0 Å². The molecule has 0 atom stereocenters. The first-order chi connectivity index (χ1) is 8.88. The second-order valence-corrected chi connectivity index (χ2v) is 3.80. The number of hydrogen-bond acceptors (Lipinski definition) is 2. The topological polar surface area (TPSA) is 29.5 Å². The Bertz CT molecular complexity index is 387. The van der Waals surface area contributed by atoms with E-state index in [9.17, 15) is 0 Å². The van der Waals surface area contributed by atoms with Gasteiger partial charge in [0.15, 0.2) is 0 Å². The number of ether oxygens (including phenoxy) is 1. The van der Waals surface area contributed by atoms with Crippen LogP contribution in [0.25, 0.3) is 6.08 Å². The summed E-state index contributed by atoms with van der Waals surface area (Å²) < 4.78 is 5.35. The van der Waals surface area contributed by atoms with Crippen LogP contribution in [0.1, 0.15) is 17.5 Å². The van der Waals surface area contributed by atoms with Crippen LogP contribution in [0.5, 0.6) is 0 Å². The molecule has 2 aromatic rings. The van der Waals surface area contributed by atoms with Crippen molar-refractivity contribution in [1.82, 2.24) is 0 Å². The van der Waals surface area contributed by atoms with E-state index < -0.39 is 0 Å². The van der Waals surface area contributed by atoms with Crippen LogP contribution in [-0.2, 0) is 28.4 Å². The van der Waals surface area contributed by atoms with E-state index in [1.807, 2.05) is 54.6 Å². The van der Waals surface area contributed by atoms with E-state index >= 15 is 0 Å². The Morgan fingerprint density at radius 3 is 2.53 bits per heavy atom. The van der Waals surface area contributed by atoms with Crippen LogP contribution in [0.15, 0.2) is 55.1 Å². The molecule has 0 unspecified atom stereocenters. The van der Waals surface area contributed by atoms with Gasteiger partial charge in [-0.1, -0.05) is 0 Å². The van der Waals surface area contributed by atoms with Crippen molar-refractivity contribution < 1.29 is 26.9 Å². The van der Waals surface area contributed by atoms with Crippen LogP contribution in [0.2, 0.25) is 0 Å². The Hall–Kier alpha value is -1.12. The van der Waals surface area contributed by atoms with Crippen LogP contribution in [0, 0.1) is 0 Å². The van der Waals surface area contributed by atoms with Crippen LogP contribution in [0.4, 0.5) is 0 Å². The normalized spacial score (nSPS) is 9.11. The average Bonchev–Trinajstić information content (AvgIpc) is 3.08. The van der Waals surface area contributed by atoms with Crippen molar-refractivity contribution in [2.24, 2.45) is 0 Å². The fraction of sp³-hybridized carbons (Fsp3) is 0.250. The van der Waals surface area contributed by atoms with Crippen LogP contribution >= 0.6 is 0 Å². The molecule has 0 aliphatic carbocycles. The largest absolute Gasteiger partial charge is 2.00 e. The minimum absolute atomic E-state index is 0. The third-order valence-electron chi connectivity index (χ3n) is 2.42. The van der Waals surface area contributed by atoms with E-state index in [1.165, 1.54) is 0 Å². The summed E-state index contributed by atoms with van der Waals surface area (Å²) in [4.78, 5) is 0. The van der Waals surface area contributed by atoms with Crippen LogP contribution < -0.4 is 0 Å². The van der Waals surface area contributed by atoms with Gasteiger partial charge in [0, 0.05) is 19.8 Å². The molecule has 0 radical (unpaired) electrons. The monoisotopic (exact) mass is 300 g/mol. The molecule has 0 saturated carbocycles. The molecule has 1 N–H and O–H groups in total. The van der Waals surface area contributed by atoms with Gasteiger partial charge in [-0.3, -0.25) is 0 Å². The summed E-state index contributed by atoms with van der Waals surface area (Å²) in [7, 11) is 0. The summed E-state index contributed by atoms with van der Waals surface area (Å²) >= 11 is 0. The van der Waals surface area contributed by atoms with Gasteiger partial charge in [-0.15, -0.1) is 24.3 Å². The first-order valence-corrected chi connectivity index (χ1v) is 6.10. The van der Waals surface area contributed by atoms with Gasteiger partial charge < -0.3 is 9.84 Å². The smallest absolute Gasteiger partial charge is 0.396 e. The summed E-state index contributed by atoms with van der Waals surface area (Å²) in [5.74, 6) is 0. The number of aliphatic hydroxyl groups excluding tert-OH is 1. The molecule has 104 valence electrons. The van der Waals surface area contributed by atoms with Crippen molar-refractivity contribution in [3.05, 3.63) is 66.2 Å². The quantitative estimate of drug-likeness (QED) is 0.503. The summed E-state index contributed by atoms with van der Waals surface area (Å²) in [5.41, 5.74) is 2.29. The van der Waals surface area contributed by atoms with Crippen molar-refractivity contribution in [2.45, 2.75) is 13.0 Å². The molecule has 0 fully saturated rings. The number of hydrogen-bond donors (Lipinski definition) is 1. The Morgan fingerprint density at radius 2 is 2.00 bits per heavy atom. The SMILES string of the molecule is C=Cc1[cH-]ccc1COCCCO.[Fe+2].c1cc[cH-]c1. The molecule has 0 saturated heterocycles. The molecular formula is C16H20FeO2. The zero-order chi connectivity index (χ0) is 13.1. The number of rotatable bonds is 6. The molecule has 0 spiro atoms. The van der Waals surface area contributed by atoms with E-state index in [1.54, 1.807) is 0 Å².